The largest absolute Gasteiger partial charge is 0.380 e. The highest BCUT2D eigenvalue weighted by molar-refractivity contribution is 5.91. The van der Waals surface area contributed by atoms with Crippen molar-refractivity contribution in [1.82, 2.24) is 25.2 Å². The highest BCUT2D eigenvalue weighted by Crippen LogP contribution is 2.11. The van der Waals surface area contributed by atoms with Crippen LogP contribution < -0.4 is 5.32 Å². The summed E-state index contributed by atoms with van der Waals surface area (Å²) in [6, 6.07) is 0.569. The molecule has 22 heavy (non-hydrogen) atoms. The zero-order valence-electron chi connectivity index (χ0n) is 13.0. The Hall–Kier alpha value is -1.47. The van der Waals surface area contributed by atoms with E-state index in [-0.39, 0.29) is 5.91 Å². The molecule has 0 aliphatic carbocycles. The van der Waals surface area contributed by atoms with Crippen LogP contribution in [0.2, 0.25) is 0 Å². The average Bonchev–Trinajstić information content (AvgIpc) is 2.87. The van der Waals surface area contributed by atoms with Gasteiger partial charge in [-0.05, 0) is 32.2 Å². The first kappa shape index (κ1) is 15.4. The number of hydrogen-bond acceptors (Lipinski definition) is 5. The van der Waals surface area contributed by atoms with Crippen LogP contribution in [0.5, 0.6) is 0 Å². The van der Waals surface area contributed by atoms with E-state index >= 15 is 0 Å². The summed E-state index contributed by atoms with van der Waals surface area (Å²) in [4.78, 5) is 14.2. The van der Waals surface area contributed by atoms with Gasteiger partial charge in [-0.15, -0.1) is 5.10 Å². The van der Waals surface area contributed by atoms with E-state index in [9.17, 15) is 4.79 Å². The van der Waals surface area contributed by atoms with Gasteiger partial charge in [0.25, 0.3) is 5.91 Å². The molecule has 1 aromatic heterocycles. The van der Waals surface area contributed by atoms with Gasteiger partial charge in [-0.3, -0.25) is 9.48 Å². The van der Waals surface area contributed by atoms with Crippen molar-refractivity contribution in [3.63, 3.8) is 0 Å². The van der Waals surface area contributed by atoms with Crippen molar-refractivity contribution in [1.29, 1.82) is 0 Å². The Kier molecular flexibility index (Phi) is 5.39. The Morgan fingerprint density at radius 1 is 1.32 bits per heavy atom. The molecular formula is C15H25N5O2. The molecule has 3 rings (SSSR count). The second-order valence-electron chi connectivity index (χ2n) is 6.06. The third kappa shape index (κ3) is 4.04. The average molecular weight is 307 g/mol. The first-order chi connectivity index (χ1) is 10.8. The molecule has 1 aromatic rings. The van der Waals surface area contributed by atoms with Gasteiger partial charge in [0.1, 0.15) is 0 Å². The molecule has 3 heterocycles. The van der Waals surface area contributed by atoms with Crippen LogP contribution in [0.3, 0.4) is 0 Å². The number of hydrogen-bond donors (Lipinski definition) is 1. The van der Waals surface area contributed by atoms with Gasteiger partial charge in [0.05, 0.1) is 12.8 Å². The summed E-state index contributed by atoms with van der Waals surface area (Å²) in [5.41, 5.74) is 0.443. The summed E-state index contributed by atoms with van der Waals surface area (Å²) in [6.45, 7) is 4.62. The lowest BCUT2D eigenvalue weighted by Crippen LogP contribution is -2.34. The van der Waals surface area contributed by atoms with E-state index in [0.717, 1.165) is 39.1 Å². The maximum absolute atomic E-state index is 12.4. The van der Waals surface area contributed by atoms with Crippen molar-refractivity contribution < 1.29 is 9.53 Å². The van der Waals surface area contributed by atoms with Crippen molar-refractivity contribution in [2.75, 3.05) is 32.8 Å². The van der Waals surface area contributed by atoms with E-state index in [2.05, 4.69) is 15.6 Å². The molecule has 7 nitrogen and oxygen atoms in total. The molecule has 0 saturated carbocycles. The number of rotatable bonds is 4. The maximum Gasteiger partial charge on any atom is 0.276 e. The molecule has 2 aliphatic rings. The number of amides is 1. The highest BCUT2D eigenvalue weighted by atomic mass is 16.5. The van der Waals surface area contributed by atoms with Gasteiger partial charge in [-0.1, -0.05) is 11.6 Å². The first-order valence-electron chi connectivity index (χ1n) is 8.33. The summed E-state index contributed by atoms with van der Waals surface area (Å²) in [5, 5.41) is 11.7. The van der Waals surface area contributed by atoms with Crippen molar-refractivity contribution in [2.24, 2.45) is 0 Å². The number of aryl methyl sites for hydroxylation is 1. The molecule has 0 spiro atoms. The number of nitrogens with one attached hydrogen (secondary N) is 1. The van der Waals surface area contributed by atoms with Crippen LogP contribution in [0.4, 0.5) is 0 Å². The monoisotopic (exact) mass is 307 g/mol. The summed E-state index contributed by atoms with van der Waals surface area (Å²) in [6.07, 6.45) is 7.50. The number of carbonyl (C=O) groups is 1. The zero-order chi connectivity index (χ0) is 15.2. The summed E-state index contributed by atoms with van der Waals surface area (Å²) >= 11 is 0. The molecule has 1 amide bonds. The lowest BCUT2D eigenvalue weighted by molar-refractivity contribution is 0.0735. The predicted molar refractivity (Wildman–Crippen MR) is 81.6 cm³/mol. The molecule has 0 radical (unpaired) electrons. The number of ether oxygens (including phenoxy) is 1. The fraction of sp³-hybridized carbons (Fsp3) is 0.800. The fourth-order valence-corrected chi connectivity index (χ4v) is 3.08. The van der Waals surface area contributed by atoms with E-state index in [1.807, 2.05) is 4.90 Å². The van der Waals surface area contributed by atoms with Gasteiger partial charge in [0.15, 0.2) is 5.69 Å². The van der Waals surface area contributed by atoms with Gasteiger partial charge in [-0.25, -0.2) is 0 Å². The summed E-state index contributed by atoms with van der Waals surface area (Å²) in [7, 11) is 0. The minimum atomic E-state index is -0.0347. The first-order valence-corrected chi connectivity index (χ1v) is 8.33. The van der Waals surface area contributed by atoms with Crippen LogP contribution in [-0.2, 0) is 11.3 Å². The number of piperidine rings is 1. The Morgan fingerprint density at radius 2 is 2.27 bits per heavy atom. The molecule has 7 heteroatoms. The third-order valence-electron chi connectivity index (χ3n) is 4.39. The molecule has 122 valence electrons. The topological polar surface area (TPSA) is 72.3 Å². The molecule has 1 unspecified atom stereocenters. The molecule has 2 fully saturated rings. The minimum absolute atomic E-state index is 0.0347. The molecule has 1 N–H and O–H groups in total. The van der Waals surface area contributed by atoms with Crippen LogP contribution in [-0.4, -0.2) is 64.7 Å². The van der Waals surface area contributed by atoms with Crippen molar-refractivity contribution >= 4 is 5.91 Å². The maximum atomic E-state index is 12.4. The van der Waals surface area contributed by atoms with Gasteiger partial charge in [0, 0.05) is 32.3 Å². The Balaban J connectivity index is 1.52. The normalized spacial score (nSPS) is 23.3. The second-order valence-corrected chi connectivity index (χ2v) is 6.06. The third-order valence-corrected chi connectivity index (χ3v) is 4.39. The van der Waals surface area contributed by atoms with Gasteiger partial charge in [-0.2, -0.15) is 0 Å². The number of carbonyl (C=O) groups excluding carboxylic acids is 1. The lowest BCUT2D eigenvalue weighted by atomic mass is 10.0. The van der Waals surface area contributed by atoms with E-state index in [0.29, 0.717) is 24.9 Å². The predicted octanol–water partition coefficient (Wildman–Crippen LogP) is 0.673. The summed E-state index contributed by atoms with van der Waals surface area (Å²) < 4.78 is 7.17. The van der Waals surface area contributed by atoms with E-state index < -0.39 is 0 Å². The van der Waals surface area contributed by atoms with Gasteiger partial charge >= 0.3 is 0 Å². The van der Waals surface area contributed by atoms with Crippen molar-refractivity contribution in [3.05, 3.63) is 11.9 Å². The lowest BCUT2D eigenvalue weighted by Gasteiger charge is -2.23. The molecule has 2 saturated heterocycles. The molecule has 1 atom stereocenters. The number of nitrogens with zero attached hydrogens (tertiary/aromatic N) is 4. The zero-order valence-corrected chi connectivity index (χ0v) is 13.0. The Morgan fingerprint density at radius 3 is 3.14 bits per heavy atom. The standard InChI is InChI=1S/C15H25N5O2/c21-15(19-7-3-10-22-11-9-19)14-12-20(18-17-14)8-5-13-4-1-2-6-16-13/h12-13,16H,1-11H2. The van der Waals surface area contributed by atoms with Gasteiger partial charge in [0.2, 0.25) is 0 Å². The fourth-order valence-electron chi connectivity index (χ4n) is 3.08. The van der Waals surface area contributed by atoms with Crippen molar-refractivity contribution in [3.8, 4) is 0 Å². The molecule has 0 aromatic carbocycles. The molecule has 0 bridgehead atoms. The summed E-state index contributed by atoms with van der Waals surface area (Å²) in [5.74, 6) is -0.0347. The minimum Gasteiger partial charge on any atom is -0.380 e. The Bertz CT molecular complexity index is 476. The molecule has 2 aliphatic heterocycles. The molecular weight excluding hydrogens is 282 g/mol. The highest BCUT2D eigenvalue weighted by Gasteiger charge is 2.20. The number of aromatic nitrogens is 3. The van der Waals surface area contributed by atoms with Gasteiger partial charge < -0.3 is 15.0 Å². The van der Waals surface area contributed by atoms with Crippen molar-refractivity contribution in [2.45, 2.75) is 44.7 Å². The van der Waals surface area contributed by atoms with E-state index in [1.165, 1.54) is 19.3 Å². The van der Waals surface area contributed by atoms with Crippen LogP contribution in [0, 0.1) is 0 Å². The second kappa shape index (κ2) is 7.69. The van der Waals surface area contributed by atoms with E-state index in [4.69, 9.17) is 4.74 Å². The van der Waals surface area contributed by atoms with Crippen LogP contribution >= 0.6 is 0 Å². The van der Waals surface area contributed by atoms with Crippen LogP contribution in [0.1, 0.15) is 42.6 Å². The van der Waals surface area contributed by atoms with Crippen LogP contribution in [0.25, 0.3) is 0 Å². The quantitative estimate of drug-likeness (QED) is 0.885. The SMILES string of the molecule is O=C(c1cn(CCC2CCCCN2)nn1)N1CCCOCC1. The van der Waals surface area contributed by atoms with E-state index in [1.54, 1.807) is 10.9 Å². The van der Waals surface area contributed by atoms with Crippen LogP contribution in [0.15, 0.2) is 6.20 Å². The smallest absolute Gasteiger partial charge is 0.276 e. The Labute approximate surface area is 131 Å².